The molecule has 1 fully saturated rings. The summed E-state index contributed by atoms with van der Waals surface area (Å²) in [6.07, 6.45) is -3.76. The Hall–Kier alpha value is -4.34. The van der Waals surface area contributed by atoms with Gasteiger partial charge in [-0.25, -0.2) is 14.8 Å². The number of aliphatic hydroxyl groups excluding tert-OH is 2. The lowest BCUT2D eigenvalue weighted by atomic mass is 10.1. The number of H-pyrrole nitrogens is 1. The standard InChI is InChI=1S/C27H34N6O9/c1-27(2,3)42-26(39)32-16(9-10-18(34)40-12-15-7-5-4-6-8-15)23(37)28-11-17-20(35)21(36)25(41-17)33-14-31-19-22(33)29-13-30-24(19)38/h4-8,13-14,16-17,20-21,25,35-36H,9-12H2,1-3H3,(H,28,37)(H,32,39)(H,29,30,38)/t16-,17+,20+,21+,25+/m0/s1. The second-order valence-corrected chi connectivity index (χ2v) is 10.7. The molecule has 0 radical (unpaired) electrons. The smallest absolute Gasteiger partial charge is 0.408 e. The highest BCUT2D eigenvalue weighted by molar-refractivity contribution is 5.86. The molecule has 2 amide bonds. The molecule has 42 heavy (non-hydrogen) atoms. The Morgan fingerprint density at radius 3 is 2.60 bits per heavy atom. The number of esters is 1. The van der Waals surface area contributed by atoms with Gasteiger partial charge in [0.25, 0.3) is 5.56 Å². The highest BCUT2D eigenvalue weighted by Gasteiger charge is 2.44. The van der Waals surface area contributed by atoms with Gasteiger partial charge in [0.2, 0.25) is 5.91 Å². The van der Waals surface area contributed by atoms with Crippen molar-refractivity contribution in [3.05, 3.63) is 58.9 Å². The van der Waals surface area contributed by atoms with Gasteiger partial charge in [-0.1, -0.05) is 30.3 Å². The lowest BCUT2D eigenvalue weighted by molar-refractivity contribution is -0.145. The molecule has 0 bridgehead atoms. The van der Waals surface area contributed by atoms with E-state index >= 15 is 0 Å². The van der Waals surface area contributed by atoms with E-state index in [0.29, 0.717) is 0 Å². The van der Waals surface area contributed by atoms with Crippen LogP contribution < -0.4 is 16.2 Å². The van der Waals surface area contributed by atoms with Gasteiger partial charge in [-0.05, 0) is 32.8 Å². The molecular weight excluding hydrogens is 552 g/mol. The maximum atomic E-state index is 13.1. The molecule has 15 heteroatoms. The molecule has 0 saturated carbocycles. The van der Waals surface area contributed by atoms with Crippen LogP contribution in [-0.2, 0) is 30.4 Å². The number of amides is 2. The molecule has 1 aromatic carbocycles. The van der Waals surface area contributed by atoms with Gasteiger partial charge >= 0.3 is 12.1 Å². The minimum Gasteiger partial charge on any atom is -0.461 e. The van der Waals surface area contributed by atoms with E-state index in [1.807, 2.05) is 18.2 Å². The molecule has 5 atom stereocenters. The summed E-state index contributed by atoms with van der Waals surface area (Å²) < 4.78 is 17.6. The maximum absolute atomic E-state index is 13.1. The van der Waals surface area contributed by atoms with Crippen LogP contribution in [0.5, 0.6) is 0 Å². The molecule has 1 aliphatic rings. The maximum Gasteiger partial charge on any atom is 0.408 e. The van der Waals surface area contributed by atoms with Crippen molar-refractivity contribution >= 4 is 29.1 Å². The topological polar surface area (TPSA) is 207 Å². The van der Waals surface area contributed by atoms with Crippen LogP contribution in [0.25, 0.3) is 11.2 Å². The number of carbonyl (C=O) groups excluding carboxylic acids is 3. The van der Waals surface area contributed by atoms with Crippen LogP contribution in [0.3, 0.4) is 0 Å². The number of fused-ring (bicyclic) bond motifs is 1. The van der Waals surface area contributed by atoms with Crippen molar-refractivity contribution in [3.63, 3.8) is 0 Å². The zero-order valence-corrected chi connectivity index (χ0v) is 23.4. The van der Waals surface area contributed by atoms with Crippen molar-refractivity contribution in [2.45, 2.75) is 76.4 Å². The number of aromatic amines is 1. The first-order chi connectivity index (χ1) is 19.9. The Morgan fingerprint density at radius 2 is 1.88 bits per heavy atom. The van der Waals surface area contributed by atoms with Gasteiger partial charge in [-0.3, -0.25) is 19.0 Å². The Kier molecular flexibility index (Phi) is 9.55. The van der Waals surface area contributed by atoms with Crippen LogP contribution >= 0.6 is 0 Å². The lowest BCUT2D eigenvalue weighted by Gasteiger charge is -2.24. The predicted molar refractivity (Wildman–Crippen MR) is 146 cm³/mol. The number of ether oxygens (including phenoxy) is 3. The van der Waals surface area contributed by atoms with Crippen molar-refractivity contribution < 1.29 is 38.8 Å². The summed E-state index contributed by atoms with van der Waals surface area (Å²) >= 11 is 0. The molecular formula is C27H34N6O9. The van der Waals surface area contributed by atoms with Gasteiger partial charge in [-0.15, -0.1) is 0 Å². The van der Waals surface area contributed by atoms with Gasteiger partial charge in [0.1, 0.15) is 36.6 Å². The molecule has 3 aromatic rings. The number of alkyl carbamates (subject to hydrolysis) is 1. The van der Waals surface area contributed by atoms with Gasteiger partial charge in [0, 0.05) is 13.0 Å². The predicted octanol–water partition coefficient (Wildman–Crippen LogP) is 0.272. The number of aromatic nitrogens is 4. The first-order valence-electron chi connectivity index (χ1n) is 13.3. The molecule has 1 aliphatic heterocycles. The summed E-state index contributed by atoms with van der Waals surface area (Å²) in [5.41, 5.74) is -0.348. The van der Waals surface area contributed by atoms with E-state index in [2.05, 4.69) is 25.6 Å². The Morgan fingerprint density at radius 1 is 1.14 bits per heavy atom. The average molecular weight is 587 g/mol. The van der Waals surface area contributed by atoms with Crippen LogP contribution in [0.2, 0.25) is 0 Å². The molecule has 0 aliphatic carbocycles. The lowest BCUT2D eigenvalue weighted by Crippen LogP contribution is -2.50. The summed E-state index contributed by atoms with van der Waals surface area (Å²) in [5.74, 6) is -1.24. The first-order valence-corrected chi connectivity index (χ1v) is 13.3. The fourth-order valence-corrected chi connectivity index (χ4v) is 4.29. The fourth-order valence-electron chi connectivity index (χ4n) is 4.29. The van der Waals surface area contributed by atoms with Gasteiger partial charge in [0.05, 0.1) is 12.7 Å². The Bertz CT molecular complexity index is 1450. The third-order valence-electron chi connectivity index (χ3n) is 6.34. The molecule has 5 N–H and O–H groups in total. The van der Waals surface area contributed by atoms with E-state index in [1.54, 1.807) is 32.9 Å². The van der Waals surface area contributed by atoms with E-state index in [4.69, 9.17) is 14.2 Å². The number of carbonyl (C=O) groups is 3. The number of benzene rings is 1. The molecule has 0 unspecified atom stereocenters. The highest BCUT2D eigenvalue weighted by Crippen LogP contribution is 2.30. The highest BCUT2D eigenvalue weighted by atomic mass is 16.6. The van der Waals surface area contributed by atoms with Crippen LogP contribution in [0, 0.1) is 0 Å². The monoisotopic (exact) mass is 586 g/mol. The van der Waals surface area contributed by atoms with Crippen LogP contribution in [0.1, 0.15) is 45.4 Å². The van der Waals surface area contributed by atoms with Crippen molar-refractivity contribution in [3.8, 4) is 0 Å². The fraction of sp³-hybridized carbons (Fsp3) is 0.481. The molecule has 0 spiro atoms. The molecule has 3 heterocycles. The summed E-state index contributed by atoms with van der Waals surface area (Å²) in [6.45, 7) is 4.81. The van der Waals surface area contributed by atoms with Crippen molar-refractivity contribution in [2.24, 2.45) is 0 Å². The quantitative estimate of drug-likeness (QED) is 0.204. The number of nitrogens with one attached hydrogen (secondary N) is 3. The van der Waals surface area contributed by atoms with Crippen molar-refractivity contribution in [2.75, 3.05) is 6.54 Å². The average Bonchev–Trinajstić information content (AvgIpc) is 3.49. The van der Waals surface area contributed by atoms with E-state index in [0.717, 1.165) is 5.56 Å². The number of rotatable bonds is 10. The van der Waals surface area contributed by atoms with Gasteiger partial charge in [-0.2, -0.15) is 0 Å². The largest absolute Gasteiger partial charge is 0.461 e. The first kappa shape index (κ1) is 30.6. The zero-order valence-electron chi connectivity index (χ0n) is 23.4. The number of hydrogen-bond donors (Lipinski definition) is 5. The van der Waals surface area contributed by atoms with Crippen LogP contribution in [-0.4, -0.2) is 84.2 Å². The SMILES string of the molecule is CC(C)(C)OC(=O)N[C@@H](CCC(=O)OCc1ccccc1)C(=O)NC[C@H]1O[C@@H](n2cnc3c(=O)[nH]cnc32)[C@H](O)[C@@H]1O. The van der Waals surface area contributed by atoms with E-state index in [1.165, 1.54) is 17.2 Å². The van der Waals surface area contributed by atoms with Gasteiger partial charge < -0.3 is 40.0 Å². The van der Waals surface area contributed by atoms with Crippen LogP contribution in [0.15, 0.2) is 47.8 Å². The van der Waals surface area contributed by atoms with E-state index < -0.39 is 59.7 Å². The summed E-state index contributed by atoms with van der Waals surface area (Å²) in [4.78, 5) is 60.3. The van der Waals surface area contributed by atoms with Crippen LogP contribution in [0.4, 0.5) is 4.79 Å². The van der Waals surface area contributed by atoms with Crippen molar-refractivity contribution in [1.29, 1.82) is 0 Å². The number of hydrogen-bond acceptors (Lipinski definition) is 11. The van der Waals surface area contributed by atoms with E-state index in [9.17, 15) is 29.4 Å². The third kappa shape index (κ3) is 7.69. The number of imidazole rings is 1. The second-order valence-electron chi connectivity index (χ2n) is 10.7. The molecule has 226 valence electrons. The van der Waals surface area contributed by atoms with Gasteiger partial charge in [0.15, 0.2) is 17.4 Å². The molecule has 15 nitrogen and oxygen atoms in total. The van der Waals surface area contributed by atoms with E-state index in [-0.39, 0.29) is 37.2 Å². The normalized spacial score (nSPS) is 21.1. The number of aliphatic hydroxyl groups is 2. The summed E-state index contributed by atoms with van der Waals surface area (Å²) in [6, 6.07) is 7.90. The summed E-state index contributed by atoms with van der Waals surface area (Å²) in [5, 5.41) is 26.3. The Balaban J connectivity index is 1.37. The molecule has 4 rings (SSSR count). The molecule has 2 aromatic heterocycles. The number of nitrogens with zero attached hydrogens (tertiary/aromatic N) is 3. The third-order valence-corrected chi connectivity index (χ3v) is 6.34. The minimum atomic E-state index is -1.43. The zero-order chi connectivity index (χ0) is 30.4. The molecule has 1 saturated heterocycles. The second kappa shape index (κ2) is 13.1. The Labute approximate surface area is 240 Å². The van der Waals surface area contributed by atoms with Crippen molar-refractivity contribution in [1.82, 2.24) is 30.2 Å². The summed E-state index contributed by atoms with van der Waals surface area (Å²) in [7, 11) is 0. The minimum absolute atomic E-state index is 0.0258.